The highest BCUT2D eigenvalue weighted by Gasteiger charge is 1.94. The minimum Gasteiger partial charge on any atom is -0.492 e. The quantitative estimate of drug-likeness (QED) is 0.555. The maximum Gasteiger partial charge on any atom is 0.239 e. The summed E-state index contributed by atoms with van der Waals surface area (Å²) in [7, 11) is 0. The van der Waals surface area contributed by atoms with Gasteiger partial charge in [0.05, 0.1) is 0 Å². The van der Waals surface area contributed by atoms with Crippen LogP contribution in [0.3, 0.4) is 0 Å². The van der Waals surface area contributed by atoms with Crippen molar-refractivity contribution in [3.63, 3.8) is 0 Å². The summed E-state index contributed by atoms with van der Waals surface area (Å²) < 4.78 is 0. The lowest BCUT2D eigenvalue weighted by Crippen LogP contribution is -1.70. The first kappa shape index (κ1) is 5.68. The van der Waals surface area contributed by atoms with E-state index in [9.17, 15) is 0 Å². The van der Waals surface area contributed by atoms with Gasteiger partial charge in [-0.15, -0.1) is 0 Å². The van der Waals surface area contributed by atoms with Crippen molar-refractivity contribution in [3.05, 3.63) is 18.3 Å². The van der Waals surface area contributed by atoms with Crippen LogP contribution in [-0.2, 0) is 0 Å². The SMILES string of the molecule is N=Nc1cccnc1O. The standard InChI is InChI=1S/C5H5N3O/c6-8-4-2-1-3-7-5(4)9/h1-3,6H,(H,7,9). The van der Waals surface area contributed by atoms with E-state index in [4.69, 9.17) is 10.6 Å². The van der Waals surface area contributed by atoms with Crippen molar-refractivity contribution >= 4 is 5.69 Å². The zero-order valence-electron chi connectivity index (χ0n) is 4.57. The molecule has 1 rings (SSSR count). The van der Waals surface area contributed by atoms with Gasteiger partial charge in [-0.2, -0.15) is 5.11 Å². The highest BCUT2D eigenvalue weighted by atomic mass is 16.3. The number of hydrogen-bond donors (Lipinski definition) is 2. The average molecular weight is 123 g/mol. The van der Waals surface area contributed by atoms with Gasteiger partial charge in [-0.25, -0.2) is 10.5 Å². The minimum atomic E-state index is -0.201. The maximum atomic E-state index is 8.79. The number of nitrogens with zero attached hydrogens (tertiary/aromatic N) is 2. The van der Waals surface area contributed by atoms with Crippen LogP contribution in [0.2, 0.25) is 0 Å². The monoisotopic (exact) mass is 123 g/mol. The molecule has 0 atom stereocenters. The van der Waals surface area contributed by atoms with Crippen molar-refractivity contribution in [2.75, 3.05) is 0 Å². The normalized spacial score (nSPS) is 8.89. The number of nitrogens with one attached hydrogen (secondary N) is 1. The Morgan fingerprint density at radius 3 is 2.89 bits per heavy atom. The number of rotatable bonds is 1. The number of hydrogen-bond acceptors (Lipinski definition) is 4. The molecule has 0 aliphatic heterocycles. The first-order valence-corrected chi connectivity index (χ1v) is 2.36. The van der Waals surface area contributed by atoms with E-state index in [-0.39, 0.29) is 11.6 Å². The van der Waals surface area contributed by atoms with E-state index in [1.54, 1.807) is 6.07 Å². The summed E-state index contributed by atoms with van der Waals surface area (Å²) in [5, 5.41) is 11.8. The van der Waals surface area contributed by atoms with Gasteiger partial charge < -0.3 is 5.11 Å². The van der Waals surface area contributed by atoms with Crippen LogP contribution >= 0.6 is 0 Å². The molecule has 0 spiro atoms. The molecule has 0 amide bonds. The van der Waals surface area contributed by atoms with E-state index in [0.29, 0.717) is 0 Å². The van der Waals surface area contributed by atoms with Crippen LogP contribution in [0.25, 0.3) is 0 Å². The molecule has 1 heterocycles. The minimum absolute atomic E-state index is 0.192. The molecule has 4 heteroatoms. The smallest absolute Gasteiger partial charge is 0.239 e. The van der Waals surface area contributed by atoms with E-state index < -0.39 is 0 Å². The molecule has 1 aromatic heterocycles. The predicted molar refractivity (Wildman–Crippen MR) is 30.7 cm³/mol. The Morgan fingerprint density at radius 2 is 2.44 bits per heavy atom. The molecular formula is C5H5N3O. The van der Waals surface area contributed by atoms with Gasteiger partial charge in [0, 0.05) is 6.20 Å². The lowest BCUT2D eigenvalue weighted by Gasteiger charge is -1.90. The number of pyridine rings is 1. The first-order chi connectivity index (χ1) is 4.34. The molecule has 1 aromatic rings. The molecule has 46 valence electrons. The van der Waals surface area contributed by atoms with Gasteiger partial charge in [0.2, 0.25) is 5.88 Å². The third-order valence-corrected chi connectivity index (χ3v) is 0.887. The van der Waals surface area contributed by atoms with Gasteiger partial charge in [0.25, 0.3) is 0 Å². The van der Waals surface area contributed by atoms with Crippen molar-refractivity contribution < 1.29 is 5.11 Å². The average Bonchev–Trinajstić information content (AvgIpc) is 1.89. The molecular weight excluding hydrogens is 118 g/mol. The molecule has 0 aliphatic rings. The summed E-state index contributed by atoms with van der Waals surface area (Å²) in [5.41, 5.74) is 6.70. The van der Waals surface area contributed by atoms with Crippen LogP contribution in [-0.4, -0.2) is 10.1 Å². The van der Waals surface area contributed by atoms with Crippen molar-refractivity contribution in [1.82, 2.24) is 4.98 Å². The summed E-state index contributed by atoms with van der Waals surface area (Å²) in [4.78, 5) is 3.49. The molecule has 0 saturated heterocycles. The van der Waals surface area contributed by atoms with Gasteiger partial charge in [-0.05, 0) is 12.1 Å². The van der Waals surface area contributed by atoms with E-state index in [0.717, 1.165) is 0 Å². The van der Waals surface area contributed by atoms with Crippen LogP contribution in [0.15, 0.2) is 23.4 Å². The second kappa shape index (κ2) is 2.21. The topological polar surface area (TPSA) is 69.3 Å². The lowest BCUT2D eigenvalue weighted by molar-refractivity contribution is 0.454. The fraction of sp³-hybridized carbons (Fsp3) is 0. The summed E-state index contributed by atoms with van der Waals surface area (Å²) in [6.45, 7) is 0. The molecule has 2 N–H and O–H groups in total. The Labute approximate surface area is 51.7 Å². The summed E-state index contributed by atoms with van der Waals surface area (Å²) in [6, 6.07) is 3.11. The molecule has 0 bridgehead atoms. The molecule has 0 aliphatic carbocycles. The molecule has 4 nitrogen and oxygen atoms in total. The summed E-state index contributed by atoms with van der Waals surface area (Å²) in [6.07, 6.45) is 1.43. The molecule has 0 unspecified atom stereocenters. The Morgan fingerprint density at radius 1 is 1.67 bits per heavy atom. The highest BCUT2D eigenvalue weighted by molar-refractivity contribution is 5.43. The van der Waals surface area contributed by atoms with Crippen LogP contribution in [0.4, 0.5) is 5.69 Å². The fourth-order valence-corrected chi connectivity index (χ4v) is 0.476. The molecule has 0 fully saturated rings. The Balaban J connectivity index is 3.15. The second-order valence-electron chi connectivity index (χ2n) is 1.46. The van der Waals surface area contributed by atoms with Gasteiger partial charge in [0.1, 0.15) is 5.69 Å². The number of aromatic nitrogens is 1. The highest BCUT2D eigenvalue weighted by Crippen LogP contribution is 2.20. The molecule has 0 aromatic carbocycles. The van der Waals surface area contributed by atoms with Gasteiger partial charge >= 0.3 is 0 Å². The van der Waals surface area contributed by atoms with Crippen molar-refractivity contribution in [2.24, 2.45) is 5.11 Å². The van der Waals surface area contributed by atoms with E-state index >= 15 is 0 Å². The Kier molecular flexibility index (Phi) is 1.40. The summed E-state index contributed by atoms with van der Waals surface area (Å²) in [5.74, 6) is -0.201. The zero-order valence-corrected chi connectivity index (χ0v) is 4.57. The van der Waals surface area contributed by atoms with Gasteiger partial charge in [-0.1, -0.05) is 0 Å². The number of aromatic hydroxyl groups is 1. The third kappa shape index (κ3) is 1.02. The van der Waals surface area contributed by atoms with E-state index in [1.807, 2.05) is 0 Å². The van der Waals surface area contributed by atoms with Crippen LogP contribution in [0, 0.1) is 5.53 Å². The van der Waals surface area contributed by atoms with Crippen LogP contribution in [0.5, 0.6) is 5.88 Å². The van der Waals surface area contributed by atoms with E-state index in [1.165, 1.54) is 12.3 Å². The van der Waals surface area contributed by atoms with Crippen molar-refractivity contribution in [2.45, 2.75) is 0 Å². The maximum absolute atomic E-state index is 8.79. The van der Waals surface area contributed by atoms with Gasteiger partial charge in [0.15, 0.2) is 0 Å². The van der Waals surface area contributed by atoms with Crippen LogP contribution < -0.4 is 0 Å². The zero-order chi connectivity index (χ0) is 6.69. The molecule has 0 radical (unpaired) electrons. The second-order valence-corrected chi connectivity index (χ2v) is 1.46. The third-order valence-electron chi connectivity index (χ3n) is 0.887. The Bertz CT molecular complexity index is 223. The lowest BCUT2D eigenvalue weighted by atomic mass is 10.4. The first-order valence-electron chi connectivity index (χ1n) is 2.36. The predicted octanol–water partition coefficient (Wildman–Crippen LogP) is 1.45. The van der Waals surface area contributed by atoms with E-state index in [2.05, 4.69) is 10.1 Å². The largest absolute Gasteiger partial charge is 0.492 e. The Hall–Kier alpha value is -1.45. The van der Waals surface area contributed by atoms with Crippen LogP contribution in [0.1, 0.15) is 0 Å². The fourth-order valence-electron chi connectivity index (χ4n) is 0.476. The molecule has 9 heavy (non-hydrogen) atoms. The van der Waals surface area contributed by atoms with Gasteiger partial charge in [-0.3, -0.25) is 0 Å². The molecule has 0 saturated carbocycles. The van der Waals surface area contributed by atoms with Crippen molar-refractivity contribution in [3.8, 4) is 5.88 Å². The summed E-state index contributed by atoms with van der Waals surface area (Å²) >= 11 is 0. The van der Waals surface area contributed by atoms with Crippen molar-refractivity contribution in [1.29, 1.82) is 5.53 Å².